The van der Waals surface area contributed by atoms with E-state index in [2.05, 4.69) is 67.8 Å². The molecule has 0 radical (unpaired) electrons. The lowest BCUT2D eigenvalue weighted by Crippen LogP contribution is -2.65. The van der Waals surface area contributed by atoms with E-state index in [1.165, 1.54) is 218 Å². The fraction of sp³-hybridized carbons (Fsp3) is 0.849. The summed E-state index contributed by atoms with van der Waals surface area (Å²) in [6.45, 7) is 2.80. The number of carbonyl (C=O) groups is 1. The van der Waals surface area contributed by atoms with Crippen molar-refractivity contribution in [3.63, 3.8) is 0 Å². The van der Waals surface area contributed by atoms with Gasteiger partial charge in [-0.2, -0.15) is 0 Å². The molecule has 2 saturated heterocycles. The predicted octanol–water partition coefficient (Wildman–Crippen LogP) is 14.8. The average Bonchev–Trinajstić information content (AvgIpc) is 2.58. The van der Waals surface area contributed by atoms with E-state index >= 15 is 0 Å². The Morgan fingerprint density at radius 3 is 1.20 bits per heavy atom. The second-order valence-corrected chi connectivity index (χ2v) is 25.3. The van der Waals surface area contributed by atoms with Crippen LogP contribution in [0.4, 0.5) is 0 Å². The van der Waals surface area contributed by atoms with Gasteiger partial charge in [-0.15, -0.1) is 0 Å². The van der Waals surface area contributed by atoms with Gasteiger partial charge in [0.15, 0.2) is 12.6 Å². The topological polar surface area (TPSA) is 228 Å². The van der Waals surface area contributed by atoms with Crippen LogP contribution in [0, 0.1) is 0 Å². The molecule has 0 aromatic rings. The smallest absolute Gasteiger partial charge is 0.220 e. The van der Waals surface area contributed by atoms with Crippen molar-refractivity contribution in [3.05, 3.63) is 60.8 Å². The number of carbonyl (C=O) groups excluding carboxylic acids is 1. The van der Waals surface area contributed by atoms with Crippen LogP contribution in [-0.4, -0.2) is 140 Å². The van der Waals surface area contributed by atoms with Crippen molar-refractivity contribution >= 4 is 5.91 Å². The third-order valence-corrected chi connectivity index (χ3v) is 17.4. The highest BCUT2D eigenvalue weighted by Gasteiger charge is 2.51. The van der Waals surface area contributed by atoms with E-state index < -0.39 is 86.8 Å². The zero-order chi connectivity index (χ0) is 63.1. The van der Waals surface area contributed by atoms with E-state index in [0.717, 1.165) is 51.4 Å². The molecule has 9 N–H and O–H groups in total. The van der Waals surface area contributed by atoms with Crippen LogP contribution >= 0.6 is 0 Å². The van der Waals surface area contributed by atoms with Crippen molar-refractivity contribution in [2.45, 2.75) is 376 Å². The molecule has 14 nitrogen and oxygen atoms in total. The maximum absolute atomic E-state index is 13.3. The van der Waals surface area contributed by atoms with E-state index in [1.54, 1.807) is 6.08 Å². The first-order valence-electron chi connectivity index (χ1n) is 36.0. The molecule has 12 unspecified atom stereocenters. The molecule has 0 aliphatic carbocycles. The maximum Gasteiger partial charge on any atom is 0.220 e. The van der Waals surface area contributed by atoms with Gasteiger partial charge in [0.1, 0.15) is 48.8 Å². The summed E-state index contributed by atoms with van der Waals surface area (Å²) in [7, 11) is 0. The highest BCUT2D eigenvalue weighted by atomic mass is 16.7. The summed E-state index contributed by atoms with van der Waals surface area (Å²) < 4.78 is 22.8. The Hall–Kier alpha value is -2.31. The standard InChI is InChI=1S/C73H133NO13/c1-3-5-7-9-11-13-15-17-19-21-23-25-27-29-31-33-35-37-39-41-43-45-47-49-51-53-55-57-65(78)74-61(60-84-72-70(83)68(81)71(64(59-76)86-72)87-73-69(82)67(80)66(79)63(58-75)85-73)62(77)56-54-52-50-48-46-44-42-40-38-36-34-32-30-28-26-24-22-20-18-16-14-12-10-8-6-4-2/h15,17,21,23,38,40,46,48,54,56,61-64,66-73,75-77,79-83H,3-14,16,18-20,22,24-37,39,41-45,47,49-53,55,57-60H2,1-2H3,(H,74,78)/b17-15-,23-21-,40-38+,48-46+,56-54+. The number of hydrogen-bond acceptors (Lipinski definition) is 13. The molecule has 14 heteroatoms. The fourth-order valence-corrected chi connectivity index (χ4v) is 11.7. The minimum absolute atomic E-state index is 0.251. The lowest BCUT2D eigenvalue weighted by atomic mass is 9.97. The third kappa shape index (κ3) is 41.7. The Kier molecular flexibility index (Phi) is 53.5. The minimum Gasteiger partial charge on any atom is -0.394 e. The summed E-state index contributed by atoms with van der Waals surface area (Å²) in [4.78, 5) is 13.3. The maximum atomic E-state index is 13.3. The summed E-state index contributed by atoms with van der Waals surface area (Å²) in [6.07, 6.45) is 59.9. The number of allylic oxidation sites excluding steroid dienone is 9. The Balaban J connectivity index is 1.70. The highest BCUT2D eigenvalue weighted by molar-refractivity contribution is 5.76. The Morgan fingerprint density at radius 2 is 0.770 bits per heavy atom. The number of hydrogen-bond donors (Lipinski definition) is 9. The number of amides is 1. The number of rotatable bonds is 59. The molecule has 2 fully saturated rings. The van der Waals surface area contributed by atoms with E-state index in [-0.39, 0.29) is 18.9 Å². The summed E-state index contributed by atoms with van der Waals surface area (Å²) in [6, 6.07) is -0.941. The SMILES string of the molecule is CCCCCCC/C=C\C/C=C\CCCCCCCCCCCCCCCCCC(=O)NC(COC1OC(CO)C(OC2OC(CO)C(O)C(O)C2O)C(O)C1O)C(O)/C=C/CC/C=C/CC/C=C/CCCCCCCCCCCCCCCCCC. The molecular weight excluding hydrogens is 1100 g/mol. The largest absolute Gasteiger partial charge is 0.394 e. The monoisotopic (exact) mass is 1230 g/mol. The van der Waals surface area contributed by atoms with E-state index in [4.69, 9.17) is 18.9 Å². The first kappa shape index (κ1) is 80.8. The van der Waals surface area contributed by atoms with Crippen molar-refractivity contribution in [3.8, 4) is 0 Å². The first-order valence-corrected chi connectivity index (χ1v) is 36.0. The molecule has 0 bridgehead atoms. The normalized spacial score (nSPS) is 23.6. The van der Waals surface area contributed by atoms with Gasteiger partial charge in [-0.25, -0.2) is 0 Å². The number of aliphatic hydroxyl groups is 8. The second kappa shape index (κ2) is 57.6. The van der Waals surface area contributed by atoms with E-state index in [9.17, 15) is 45.6 Å². The summed E-state index contributed by atoms with van der Waals surface area (Å²) in [5.41, 5.74) is 0. The minimum atomic E-state index is -1.79. The molecule has 2 rings (SSSR count). The molecular formula is C73H133NO13. The highest BCUT2D eigenvalue weighted by Crippen LogP contribution is 2.30. The number of nitrogens with one attached hydrogen (secondary N) is 1. The van der Waals surface area contributed by atoms with Crippen LogP contribution in [-0.2, 0) is 23.7 Å². The average molecular weight is 1230 g/mol. The molecule has 1 amide bonds. The Morgan fingerprint density at radius 1 is 0.414 bits per heavy atom. The zero-order valence-corrected chi connectivity index (χ0v) is 55.3. The number of aliphatic hydroxyl groups excluding tert-OH is 8. The number of unbranched alkanes of at least 4 members (excludes halogenated alkanes) is 38. The van der Waals surface area contributed by atoms with Gasteiger partial charge in [0.2, 0.25) is 5.91 Å². The van der Waals surface area contributed by atoms with Crippen molar-refractivity contribution in [1.82, 2.24) is 5.32 Å². The summed E-state index contributed by atoms with van der Waals surface area (Å²) in [5.74, 6) is -0.251. The van der Waals surface area contributed by atoms with Crippen molar-refractivity contribution in [1.29, 1.82) is 0 Å². The lowest BCUT2D eigenvalue weighted by molar-refractivity contribution is -0.359. The van der Waals surface area contributed by atoms with Gasteiger partial charge in [0.25, 0.3) is 0 Å². The molecule has 2 aliphatic rings. The van der Waals surface area contributed by atoms with Gasteiger partial charge in [-0.05, 0) is 77.0 Å². The quantitative estimate of drug-likeness (QED) is 0.0204. The Labute approximate surface area is 530 Å². The molecule has 2 aliphatic heterocycles. The molecule has 0 spiro atoms. The van der Waals surface area contributed by atoms with Crippen molar-refractivity contribution in [2.24, 2.45) is 0 Å². The van der Waals surface area contributed by atoms with Crippen LogP contribution in [0.15, 0.2) is 60.8 Å². The summed E-state index contributed by atoms with van der Waals surface area (Å²) in [5, 5.41) is 87.4. The van der Waals surface area contributed by atoms with E-state index in [0.29, 0.717) is 12.8 Å². The lowest BCUT2D eigenvalue weighted by Gasteiger charge is -2.46. The van der Waals surface area contributed by atoms with Crippen molar-refractivity contribution < 1.29 is 64.6 Å². The number of ether oxygens (including phenoxy) is 4. The van der Waals surface area contributed by atoms with Crippen LogP contribution in [0.3, 0.4) is 0 Å². The molecule has 0 aromatic carbocycles. The first-order chi connectivity index (χ1) is 42.6. The van der Waals surface area contributed by atoms with Crippen LogP contribution in [0.2, 0.25) is 0 Å². The summed E-state index contributed by atoms with van der Waals surface area (Å²) >= 11 is 0. The van der Waals surface area contributed by atoms with Crippen molar-refractivity contribution in [2.75, 3.05) is 19.8 Å². The van der Waals surface area contributed by atoms with Crippen LogP contribution in [0.5, 0.6) is 0 Å². The molecule has 0 aromatic heterocycles. The van der Waals surface area contributed by atoms with Gasteiger partial charge in [-0.3, -0.25) is 4.79 Å². The van der Waals surface area contributed by atoms with Gasteiger partial charge >= 0.3 is 0 Å². The molecule has 12 atom stereocenters. The van der Waals surface area contributed by atoms with Gasteiger partial charge in [0.05, 0.1) is 32.0 Å². The predicted molar refractivity (Wildman–Crippen MR) is 355 cm³/mol. The van der Waals surface area contributed by atoms with Gasteiger partial charge in [0, 0.05) is 6.42 Å². The van der Waals surface area contributed by atoms with Crippen LogP contribution in [0.1, 0.15) is 303 Å². The fourth-order valence-electron chi connectivity index (χ4n) is 11.7. The second-order valence-electron chi connectivity index (χ2n) is 25.3. The zero-order valence-electron chi connectivity index (χ0n) is 55.3. The third-order valence-electron chi connectivity index (χ3n) is 17.4. The van der Waals surface area contributed by atoms with Gasteiger partial charge < -0.3 is 65.1 Å². The molecule has 0 saturated carbocycles. The van der Waals surface area contributed by atoms with Gasteiger partial charge in [-0.1, -0.05) is 280 Å². The molecule has 508 valence electrons. The van der Waals surface area contributed by atoms with Crippen LogP contribution in [0.25, 0.3) is 0 Å². The Bertz CT molecular complexity index is 1690. The molecule has 87 heavy (non-hydrogen) atoms. The van der Waals surface area contributed by atoms with E-state index in [1.807, 2.05) is 6.08 Å². The molecule has 2 heterocycles. The van der Waals surface area contributed by atoms with Crippen LogP contribution < -0.4 is 5.32 Å².